The number of rotatable bonds is 3. The minimum atomic E-state index is -0.555. The molecule has 0 spiro atoms. The average Bonchev–Trinajstić information content (AvgIpc) is 2.45. The van der Waals surface area contributed by atoms with Gasteiger partial charge in [0.1, 0.15) is 5.75 Å². The van der Waals surface area contributed by atoms with E-state index < -0.39 is 5.97 Å². The van der Waals surface area contributed by atoms with Crippen LogP contribution in [0.15, 0.2) is 24.3 Å². The van der Waals surface area contributed by atoms with E-state index in [0.717, 1.165) is 19.3 Å². The first kappa shape index (κ1) is 15.4. The lowest BCUT2D eigenvalue weighted by molar-refractivity contribution is -0.140. The van der Waals surface area contributed by atoms with Gasteiger partial charge in [0.05, 0.1) is 5.56 Å². The van der Waals surface area contributed by atoms with Crippen LogP contribution >= 0.6 is 0 Å². The summed E-state index contributed by atoms with van der Waals surface area (Å²) in [4.78, 5) is 25.9. The molecule has 2 rings (SSSR count). The molecule has 1 amide bonds. The van der Waals surface area contributed by atoms with Gasteiger partial charge < -0.3 is 14.7 Å². The summed E-state index contributed by atoms with van der Waals surface area (Å²) in [5.41, 5.74) is 0.320. The Bertz CT molecular complexity index is 502. The van der Waals surface area contributed by atoms with Crippen LogP contribution in [0.1, 0.15) is 43.5 Å². The normalized spacial score (nSPS) is 21.9. The Hall–Kier alpha value is -2.04. The lowest BCUT2D eigenvalue weighted by atomic mass is 9.97. The molecule has 1 aromatic rings. The van der Waals surface area contributed by atoms with Crippen LogP contribution in [-0.4, -0.2) is 40.6 Å². The molecule has 0 radical (unpaired) electrons. The SMILES string of the molecule is C[C@@H]1CCC[C@H](C)N1C(=O)COC(=O)c1ccc(O)cc1. The fourth-order valence-electron chi connectivity index (χ4n) is 2.80. The molecular formula is C16H21NO4. The highest BCUT2D eigenvalue weighted by molar-refractivity contribution is 5.91. The zero-order chi connectivity index (χ0) is 15.4. The zero-order valence-electron chi connectivity index (χ0n) is 12.4. The van der Waals surface area contributed by atoms with E-state index in [-0.39, 0.29) is 30.3 Å². The number of carbonyl (C=O) groups is 2. The predicted octanol–water partition coefficient (Wildman–Crippen LogP) is 2.34. The molecule has 1 aliphatic rings. The molecule has 5 nitrogen and oxygen atoms in total. The van der Waals surface area contributed by atoms with Gasteiger partial charge in [0, 0.05) is 12.1 Å². The van der Waals surface area contributed by atoms with E-state index in [4.69, 9.17) is 4.74 Å². The predicted molar refractivity (Wildman–Crippen MR) is 78.0 cm³/mol. The van der Waals surface area contributed by atoms with Gasteiger partial charge in [-0.2, -0.15) is 0 Å². The summed E-state index contributed by atoms with van der Waals surface area (Å²) in [6, 6.07) is 6.13. The number of phenols is 1. The fourth-order valence-corrected chi connectivity index (χ4v) is 2.80. The van der Waals surface area contributed by atoms with Crippen LogP contribution in [0.2, 0.25) is 0 Å². The standard InChI is InChI=1S/C16H21NO4/c1-11-4-3-5-12(2)17(11)15(19)10-21-16(20)13-6-8-14(18)9-7-13/h6-9,11-12,18H,3-5,10H2,1-2H3/t11-,12+. The number of piperidine rings is 1. The minimum absolute atomic E-state index is 0.0820. The molecule has 1 fully saturated rings. The summed E-state index contributed by atoms with van der Waals surface area (Å²) < 4.78 is 5.07. The first-order valence-electron chi connectivity index (χ1n) is 7.26. The molecular weight excluding hydrogens is 270 g/mol. The highest BCUT2D eigenvalue weighted by Gasteiger charge is 2.29. The Balaban J connectivity index is 1.91. The number of likely N-dealkylation sites (tertiary alicyclic amines) is 1. The molecule has 0 aromatic heterocycles. The molecule has 21 heavy (non-hydrogen) atoms. The summed E-state index contributed by atoms with van der Waals surface area (Å²) in [5.74, 6) is -0.624. The van der Waals surface area contributed by atoms with E-state index in [1.165, 1.54) is 24.3 Å². The van der Waals surface area contributed by atoms with Crippen LogP contribution < -0.4 is 0 Å². The minimum Gasteiger partial charge on any atom is -0.508 e. The van der Waals surface area contributed by atoms with Gasteiger partial charge in [0.2, 0.25) is 0 Å². The van der Waals surface area contributed by atoms with Crippen molar-refractivity contribution in [2.45, 2.75) is 45.2 Å². The number of carbonyl (C=O) groups excluding carboxylic acids is 2. The molecule has 1 aliphatic heterocycles. The van der Waals surface area contributed by atoms with Crippen LogP contribution in [0.3, 0.4) is 0 Å². The molecule has 114 valence electrons. The Kier molecular flexibility index (Phi) is 4.83. The summed E-state index contributed by atoms with van der Waals surface area (Å²) in [7, 11) is 0. The Morgan fingerprint density at radius 1 is 1.19 bits per heavy atom. The van der Waals surface area contributed by atoms with Crippen molar-refractivity contribution in [1.29, 1.82) is 0 Å². The van der Waals surface area contributed by atoms with Crippen molar-refractivity contribution < 1.29 is 19.4 Å². The highest BCUT2D eigenvalue weighted by Crippen LogP contribution is 2.22. The molecule has 1 saturated heterocycles. The van der Waals surface area contributed by atoms with Crippen molar-refractivity contribution in [3.8, 4) is 5.75 Å². The highest BCUT2D eigenvalue weighted by atomic mass is 16.5. The number of esters is 1. The van der Waals surface area contributed by atoms with Crippen LogP contribution in [0.25, 0.3) is 0 Å². The van der Waals surface area contributed by atoms with Gasteiger partial charge in [-0.15, -0.1) is 0 Å². The van der Waals surface area contributed by atoms with E-state index in [1.54, 1.807) is 0 Å². The second-order valence-corrected chi connectivity index (χ2v) is 5.55. The molecule has 1 N–H and O–H groups in total. The number of amides is 1. The van der Waals surface area contributed by atoms with E-state index in [1.807, 2.05) is 18.7 Å². The van der Waals surface area contributed by atoms with Gasteiger partial charge in [-0.25, -0.2) is 4.79 Å². The Morgan fingerprint density at radius 2 is 1.76 bits per heavy atom. The molecule has 5 heteroatoms. The topological polar surface area (TPSA) is 66.8 Å². The monoisotopic (exact) mass is 291 g/mol. The molecule has 0 aliphatic carbocycles. The largest absolute Gasteiger partial charge is 0.508 e. The zero-order valence-corrected chi connectivity index (χ0v) is 12.4. The van der Waals surface area contributed by atoms with Crippen LogP contribution in [0.5, 0.6) is 5.75 Å². The van der Waals surface area contributed by atoms with Crippen molar-refractivity contribution in [1.82, 2.24) is 4.90 Å². The van der Waals surface area contributed by atoms with Crippen LogP contribution in [-0.2, 0) is 9.53 Å². The molecule has 0 unspecified atom stereocenters. The van der Waals surface area contributed by atoms with E-state index in [2.05, 4.69) is 0 Å². The van der Waals surface area contributed by atoms with Crippen molar-refractivity contribution in [3.05, 3.63) is 29.8 Å². The first-order chi connectivity index (χ1) is 9.99. The van der Waals surface area contributed by atoms with E-state index in [9.17, 15) is 14.7 Å². The molecule has 2 atom stereocenters. The van der Waals surface area contributed by atoms with Gasteiger partial charge in [-0.1, -0.05) is 0 Å². The lowest BCUT2D eigenvalue weighted by Gasteiger charge is -2.38. The Labute approximate surface area is 124 Å². The molecule has 1 heterocycles. The maximum atomic E-state index is 12.2. The molecule has 0 bridgehead atoms. The van der Waals surface area contributed by atoms with E-state index >= 15 is 0 Å². The third-order valence-corrected chi connectivity index (χ3v) is 3.91. The maximum absolute atomic E-state index is 12.2. The average molecular weight is 291 g/mol. The number of aromatic hydroxyl groups is 1. The van der Waals surface area contributed by atoms with Gasteiger partial charge in [-0.05, 0) is 57.4 Å². The second kappa shape index (κ2) is 6.61. The third kappa shape index (κ3) is 3.74. The molecule has 0 saturated carbocycles. The number of hydrogen-bond donors (Lipinski definition) is 1. The Morgan fingerprint density at radius 3 is 2.33 bits per heavy atom. The van der Waals surface area contributed by atoms with Crippen molar-refractivity contribution in [2.24, 2.45) is 0 Å². The smallest absolute Gasteiger partial charge is 0.338 e. The van der Waals surface area contributed by atoms with Gasteiger partial charge in [0.25, 0.3) is 5.91 Å². The maximum Gasteiger partial charge on any atom is 0.338 e. The second-order valence-electron chi connectivity index (χ2n) is 5.55. The van der Waals surface area contributed by atoms with Gasteiger partial charge >= 0.3 is 5.97 Å². The summed E-state index contributed by atoms with van der Waals surface area (Å²) in [6.07, 6.45) is 3.10. The number of phenolic OH excluding ortho intramolecular Hbond substituents is 1. The van der Waals surface area contributed by atoms with Crippen molar-refractivity contribution in [2.75, 3.05) is 6.61 Å². The number of benzene rings is 1. The number of hydrogen-bond acceptors (Lipinski definition) is 4. The van der Waals surface area contributed by atoms with Crippen LogP contribution in [0, 0.1) is 0 Å². The molecule has 1 aromatic carbocycles. The quantitative estimate of drug-likeness (QED) is 0.868. The number of nitrogens with zero attached hydrogens (tertiary/aromatic N) is 1. The van der Waals surface area contributed by atoms with Crippen LogP contribution in [0.4, 0.5) is 0 Å². The van der Waals surface area contributed by atoms with Gasteiger partial charge in [0.15, 0.2) is 6.61 Å². The number of ether oxygens (including phenoxy) is 1. The van der Waals surface area contributed by atoms with Crippen molar-refractivity contribution in [3.63, 3.8) is 0 Å². The van der Waals surface area contributed by atoms with E-state index in [0.29, 0.717) is 5.56 Å². The van der Waals surface area contributed by atoms with Crippen molar-refractivity contribution >= 4 is 11.9 Å². The summed E-state index contributed by atoms with van der Waals surface area (Å²) >= 11 is 0. The first-order valence-corrected chi connectivity index (χ1v) is 7.26. The lowest BCUT2D eigenvalue weighted by Crippen LogP contribution is -2.49. The fraction of sp³-hybridized carbons (Fsp3) is 0.500. The third-order valence-electron chi connectivity index (χ3n) is 3.91. The summed E-state index contributed by atoms with van der Waals surface area (Å²) in [5, 5.41) is 9.17. The van der Waals surface area contributed by atoms with Gasteiger partial charge in [-0.3, -0.25) is 4.79 Å². The summed E-state index contributed by atoms with van der Waals surface area (Å²) in [6.45, 7) is 3.80.